The molecule has 0 amide bonds. The van der Waals surface area contributed by atoms with E-state index in [4.69, 9.17) is 4.74 Å². The summed E-state index contributed by atoms with van der Waals surface area (Å²) in [5.41, 5.74) is 0. The van der Waals surface area contributed by atoms with Gasteiger partial charge in [-0.1, -0.05) is 0 Å². The summed E-state index contributed by atoms with van der Waals surface area (Å²) in [6, 6.07) is 0.461. The van der Waals surface area contributed by atoms with E-state index in [-0.39, 0.29) is 0 Å². The van der Waals surface area contributed by atoms with Gasteiger partial charge in [0.05, 0.1) is 11.1 Å². The highest BCUT2D eigenvalue weighted by molar-refractivity contribution is 7.11. The summed E-state index contributed by atoms with van der Waals surface area (Å²) in [6.07, 6.45) is 8.64. The summed E-state index contributed by atoms with van der Waals surface area (Å²) in [4.78, 5) is 5.68. The minimum atomic E-state index is 0.461. The molecule has 0 spiro atoms. The Bertz CT molecular complexity index is 334. The average molecular weight is 254 g/mol. The quantitative estimate of drug-likeness (QED) is 0.847. The van der Waals surface area contributed by atoms with Gasteiger partial charge in [0.25, 0.3) is 0 Å². The van der Waals surface area contributed by atoms with E-state index in [0.29, 0.717) is 12.1 Å². The Morgan fingerprint density at radius 1 is 1.65 bits per heavy atom. The van der Waals surface area contributed by atoms with E-state index in [1.165, 1.54) is 37.0 Å². The van der Waals surface area contributed by atoms with Gasteiger partial charge in [-0.15, -0.1) is 11.3 Å². The molecule has 0 aliphatic carbocycles. The van der Waals surface area contributed by atoms with Gasteiger partial charge in [-0.25, -0.2) is 4.98 Å². The van der Waals surface area contributed by atoms with E-state index >= 15 is 0 Å². The first-order valence-electron chi connectivity index (χ1n) is 6.51. The normalized spacial score (nSPS) is 21.9. The second-order valence-corrected chi connectivity index (χ2v) is 5.96. The molecule has 1 aliphatic heterocycles. The molecule has 2 atom stereocenters. The fraction of sp³-hybridized carbons (Fsp3) is 0.769. The number of ether oxygens (including phenoxy) is 1. The maximum Gasteiger partial charge on any atom is 0.0897 e. The maximum absolute atomic E-state index is 5.65. The molecule has 1 aliphatic rings. The minimum absolute atomic E-state index is 0.461. The van der Waals surface area contributed by atoms with Gasteiger partial charge in [-0.2, -0.15) is 0 Å². The van der Waals surface area contributed by atoms with Crippen LogP contribution in [0.3, 0.4) is 0 Å². The van der Waals surface area contributed by atoms with E-state index < -0.39 is 0 Å². The van der Waals surface area contributed by atoms with Crippen LogP contribution in [0.1, 0.15) is 48.0 Å². The number of hydrogen-bond donors (Lipinski definition) is 1. The van der Waals surface area contributed by atoms with Crippen molar-refractivity contribution in [2.45, 2.75) is 51.2 Å². The van der Waals surface area contributed by atoms with Crippen LogP contribution >= 0.6 is 11.3 Å². The lowest BCUT2D eigenvalue weighted by atomic mass is 10.0. The first-order valence-corrected chi connectivity index (χ1v) is 7.32. The fourth-order valence-corrected chi connectivity index (χ4v) is 3.32. The molecular formula is C13H22N2OS. The van der Waals surface area contributed by atoms with Crippen molar-refractivity contribution in [3.63, 3.8) is 0 Å². The molecule has 0 radical (unpaired) electrons. The molecule has 1 N–H and O–H groups in total. The van der Waals surface area contributed by atoms with Crippen molar-refractivity contribution >= 4 is 11.3 Å². The van der Waals surface area contributed by atoms with E-state index in [9.17, 15) is 0 Å². The topological polar surface area (TPSA) is 34.1 Å². The lowest BCUT2D eigenvalue weighted by Crippen LogP contribution is -2.16. The molecular weight excluding hydrogens is 232 g/mol. The first kappa shape index (κ1) is 13.0. The Labute approximate surface area is 108 Å². The molecule has 1 saturated heterocycles. The predicted molar refractivity (Wildman–Crippen MR) is 71.5 cm³/mol. The summed E-state index contributed by atoms with van der Waals surface area (Å²) < 4.78 is 5.65. The SMILES string of the molecule is CNC(CCCC1CCCO1)c1cnc(C)s1. The van der Waals surface area contributed by atoms with E-state index in [1.807, 2.05) is 13.2 Å². The second kappa shape index (κ2) is 6.47. The van der Waals surface area contributed by atoms with E-state index in [0.717, 1.165) is 11.6 Å². The molecule has 0 saturated carbocycles. The van der Waals surface area contributed by atoms with Crippen molar-refractivity contribution in [3.8, 4) is 0 Å². The largest absolute Gasteiger partial charge is 0.378 e. The van der Waals surface area contributed by atoms with Crippen LogP contribution in [0, 0.1) is 6.92 Å². The highest BCUT2D eigenvalue weighted by Gasteiger charge is 2.17. The number of thiazole rings is 1. The van der Waals surface area contributed by atoms with Crippen molar-refractivity contribution in [1.29, 1.82) is 0 Å². The van der Waals surface area contributed by atoms with Crippen LogP contribution in [0.15, 0.2) is 6.20 Å². The minimum Gasteiger partial charge on any atom is -0.378 e. The van der Waals surface area contributed by atoms with Crippen LogP contribution in [0.25, 0.3) is 0 Å². The molecule has 3 nitrogen and oxygen atoms in total. The molecule has 4 heteroatoms. The monoisotopic (exact) mass is 254 g/mol. The van der Waals surface area contributed by atoms with Gasteiger partial charge in [-0.3, -0.25) is 0 Å². The van der Waals surface area contributed by atoms with Gasteiger partial charge in [0.2, 0.25) is 0 Å². The van der Waals surface area contributed by atoms with Gasteiger partial charge < -0.3 is 10.1 Å². The first-order chi connectivity index (χ1) is 8.29. The Morgan fingerprint density at radius 2 is 2.53 bits per heavy atom. The van der Waals surface area contributed by atoms with Crippen LogP contribution in [0.2, 0.25) is 0 Å². The molecule has 0 aromatic carbocycles. The van der Waals surface area contributed by atoms with Gasteiger partial charge in [0.1, 0.15) is 0 Å². The standard InChI is InChI=1S/C13H22N2OS/c1-10-15-9-13(17-10)12(14-2)7-3-5-11-6-4-8-16-11/h9,11-12,14H,3-8H2,1-2H3. The van der Waals surface area contributed by atoms with E-state index in [2.05, 4.69) is 17.2 Å². The zero-order chi connectivity index (χ0) is 12.1. The van der Waals surface area contributed by atoms with Gasteiger partial charge >= 0.3 is 0 Å². The maximum atomic E-state index is 5.65. The summed E-state index contributed by atoms with van der Waals surface area (Å²) in [7, 11) is 2.03. The highest BCUT2D eigenvalue weighted by atomic mass is 32.1. The molecule has 1 aromatic rings. The van der Waals surface area contributed by atoms with Crippen LogP contribution in [0.4, 0.5) is 0 Å². The predicted octanol–water partition coefficient (Wildman–Crippen LogP) is 3.06. The molecule has 1 aromatic heterocycles. The van der Waals surface area contributed by atoms with Crippen LogP contribution in [-0.2, 0) is 4.74 Å². The van der Waals surface area contributed by atoms with Crippen molar-refractivity contribution in [2.75, 3.05) is 13.7 Å². The van der Waals surface area contributed by atoms with Gasteiger partial charge in [-0.05, 0) is 46.1 Å². The highest BCUT2D eigenvalue weighted by Crippen LogP contribution is 2.26. The van der Waals surface area contributed by atoms with Crippen molar-refractivity contribution in [1.82, 2.24) is 10.3 Å². The lowest BCUT2D eigenvalue weighted by Gasteiger charge is -2.15. The smallest absolute Gasteiger partial charge is 0.0897 e. The zero-order valence-electron chi connectivity index (χ0n) is 10.7. The Balaban J connectivity index is 1.75. The molecule has 0 bridgehead atoms. The van der Waals surface area contributed by atoms with Gasteiger partial charge in [0.15, 0.2) is 0 Å². The van der Waals surface area contributed by atoms with Crippen molar-refractivity contribution < 1.29 is 4.74 Å². The van der Waals surface area contributed by atoms with Crippen LogP contribution in [0.5, 0.6) is 0 Å². The molecule has 2 rings (SSSR count). The molecule has 17 heavy (non-hydrogen) atoms. The van der Waals surface area contributed by atoms with E-state index in [1.54, 1.807) is 11.3 Å². The fourth-order valence-electron chi connectivity index (χ4n) is 2.39. The number of hydrogen-bond acceptors (Lipinski definition) is 4. The number of aryl methyl sites for hydroxylation is 1. The van der Waals surface area contributed by atoms with Crippen LogP contribution in [-0.4, -0.2) is 24.7 Å². The Morgan fingerprint density at radius 3 is 3.12 bits per heavy atom. The summed E-state index contributed by atoms with van der Waals surface area (Å²) in [5.74, 6) is 0. The van der Waals surface area contributed by atoms with Crippen molar-refractivity contribution in [2.24, 2.45) is 0 Å². The summed E-state index contributed by atoms with van der Waals surface area (Å²) in [6.45, 7) is 3.03. The summed E-state index contributed by atoms with van der Waals surface area (Å²) >= 11 is 1.80. The Kier molecular flexibility index (Phi) is 4.95. The Hall–Kier alpha value is -0.450. The lowest BCUT2D eigenvalue weighted by molar-refractivity contribution is 0.101. The number of nitrogens with one attached hydrogen (secondary N) is 1. The summed E-state index contributed by atoms with van der Waals surface area (Å²) in [5, 5.41) is 4.54. The number of nitrogens with zero attached hydrogens (tertiary/aromatic N) is 1. The molecule has 1 fully saturated rings. The number of rotatable bonds is 6. The second-order valence-electron chi connectivity index (χ2n) is 4.69. The molecule has 2 unspecified atom stereocenters. The third-order valence-electron chi connectivity index (χ3n) is 3.37. The average Bonchev–Trinajstić information content (AvgIpc) is 2.96. The third-order valence-corrected chi connectivity index (χ3v) is 4.40. The zero-order valence-corrected chi connectivity index (χ0v) is 11.6. The van der Waals surface area contributed by atoms with Crippen molar-refractivity contribution in [3.05, 3.63) is 16.1 Å². The molecule has 96 valence electrons. The number of aromatic nitrogens is 1. The van der Waals surface area contributed by atoms with Gasteiger partial charge in [0, 0.05) is 23.7 Å². The van der Waals surface area contributed by atoms with Crippen LogP contribution < -0.4 is 5.32 Å². The molecule has 2 heterocycles. The third kappa shape index (κ3) is 3.76.